The van der Waals surface area contributed by atoms with Crippen LogP contribution < -0.4 is 11.1 Å². The second-order valence-corrected chi connectivity index (χ2v) is 6.85. The van der Waals surface area contributed by atoms with Crippen LogP contribution in [-0.2, 0) is 13.0 Å². The zero-order chi connectivity index (χ0) is 16.1. The van der Waals surface area contributed by atoms with Gasteiger partial charge in [-0.15, -0.1) is 11.3 Å². The van der Waals surface area contributed by atoms with Gasteiger partial charge in [-0.05, 0) is 31.0 Å². The highest BCUT2D eigenvalue weighted by atomic mass is 35.5. The van der Waals surface area contributed by atoms with E-state index >= 15 is 0 Å². The van der Waals surface area contributed by atoms with Crippen LogP contribution in [0.4, 0.5) is 0 Å². The van der Waals surface area contributed by atoms with Crippen molar-refractivity contribution in [1.82, 2.24) is 10.3 Å². The van der Waals surface area contributed by atoms with Crippen molar-refractivity contribution in [2.45, 2.75) is 32.9 Å². The van der Waals surface area contributed by atoms with Crippen molar-refractivity contribution in [2.24, 2.45) is 10.7 Å². The standard InChI is InChI=1S/C15H18Cl2N4S/c1-3-11-7-19-14(22-11)8-20-15(18)21-9(2)12-5-4-10(16)6-13(12)17/h4-7,9H,3,8H2,1-2H3,(H3,18,20,21). The number of hydrogen-bond donors (Lipinski definition) is 2. The summed E-state index contributed by atoms with van der Waals surface area (Å²) in [6.45, 7) is 4.55. The maximum absolute atomic E-state index is 6.19. The van der Waals surface area contributed by atoms with Gasteiger partial charge in [0.2, 0.25) is 0 Å². The molecule has 2 rings (SSSR count). The van der Waals surface area contributed by atoms with E-state index in [1.165, 1.54) is 4.88 Å². The third-order valence-corrected chi connectivity index (χ3v) is 4.82. The van der Waals surface area contributed by atoms with E-state index < -0.39 is 0 Å². The van der Waals surface area contributed by atoms with Gasteiger partial charge in [-0.25, -0.2) is 9.98 Å². The molecule has 4 nitrogen and oxygen atoms in total. The number of nitrogens with zero attached hydrogens (tertiary/aromatic N) is 2. The number of benzene rings is 1. The van der Waals surface area contributed by atoms with Gasteiger partial charge in [0.25, 0.3) is 0 Å². The fraction of sp³-hybridized carbons (Fsp3) is 0.333. The number of hydrogen-bond acceptors (Lipinski definition) is 3. The average Bonchev–Trinajstić information content (AvgIpc) is 2.93. The van der Waals surface area contributed by atoms with Crippen LogP contribution >= 0.6 is 34.5 Å². The van der Waals surface area contributed by atoms with Crippen molar-refractivity contribution in [1.29, 1.82) is 0 Å². The summed E-state index contributed by atoms with van der Waals surface area (Å²) >= 11 is 13.7. The van der Waals surface area contributed by atoms with Crippen molar-refractivity contribution in [3.8, 4) is 0 Å². The number of thiazole rings is 1. The summed E-state index contributed by atoms with van der Waals surface area (Å²) in [5.41, 5.74) is 6.85. The molecule has 0 aliphatic carbocycles. The molecule has 118 valence electrons. The molecule has 3 N–H and O–H groups in total. The van der Waals surface area contributed by atoms with Gasteiger partial charge in [0.05, 0.1) is 12.6 Å². The lowest BCUT2D eigenvalue weighted by Gasteiger charge is -2.16. The zero-order valence-electron chi connectivity index (χ0n) is 12.4. The predicted molar refractivity (Wildman–Crippen MR) is 94.8 cm³/mol. The van der Waals surface area contributed by atoms with Crippen LogP contribution in [-0.4, -0.2) is 10.9 Å². The van der Waals surface area contributed by atoms with Crippen molar-refractivity contribution in [3.63, 3.8) is 0 Å². The SMILES string of the molecule is CCc1cnc(CN=C(N)NC(C)c2ccc(Cl)cc2Cl)s1. The summed E-state index contributed by atoms with van der Waals surface area (Å²) < 4.78 is 0. The maximum Gasteiger partial charge on any atom is 0.189 e. The molecule has 2 aromatic rings. The minimum Gasteiger partial charge on any atom is -0.370 e. The second-order valence-electron chi connectivity index (χ2n) is 4.81. The van der Waals surface area contributed by atoms with E-state index in [0.29, 0.717) is 22.5 Å². The lowest BCUT2D eigenvalue weighted by Crippen LogP contribution is -2.33. The van der Waals surface area contributed by atoms with Gasteiger partial charge >= 0.3 is 0 Å². The Balaban J connectivity index is 1.97. The summed E-state index contributed by atoms with van der Waals surface area (Å²) in [7, 11) is 0. The van der Waals surface area contributed by atoms with Crippen LogP contribution in [0, 0.1) is 0 Å². The predicted octanol–water partition coefficient (Wildman–Crippen LogP) is 4.18. The normalized spacial score (nSPS) is 13.2. The molecular formula is C15H18Cl2N4S. The maximum atomic E-state index is 6.19. The van der Waals surface area contributed by atoms with Crippen molar-refractivity contribution >= 4 is 40.5 Å². The Morgan fingerprint density at radius 3 is 2.86 bits per heavy atom. The molecule has 0 aliphatic rings. The molecule has 1 aromatic heterocycles. The Kier molecular flexibility index (Phi) is 6.06. The largest absolute Gasteiger partial charge is 0.370 e. The van der Waals surface area contributed by atoms with Crippen LogP contribution in [0.25, 0.3) is 0 Å². The summed E-state index contributed by atoms with van der Waals surface area (Å²) in [6, 6.07) is 5.34. The average molecular weight is 357 g/mol. The van der Waals surface area contributed by atoms with E-state index in [9.17, 15) is 0 Å². The van der Waals surface area contributed by atoms with E-state index in [-0.39, 0.29) is 6.04 Å². The molecule has 1 unspecified atom stereocenters. The highest BCUT2D eigenvalue weighted by Crippen LogP contribution is 2.25. The Morgan fingerprint density at radius 2 is 2.23 bits per heavy atom. The van der Waals surface area contributed by atoms with Crippen molar-refractivity contribution < 1.29 is 0 Å². The molecule has 0 fully saturated rings. The molecule has 22 heavy (non-hydrogen) atoms. The molecule has 0 aliphatic heterocycles. The number of aryl methyl sites for hydroxylation is 1. The van der Waals surface area contributed by atoms with E-state index in [4.69, 9.17) is 28.9 Å². The minimum atomic E-state index is -0.0592. The number of aliphatic imine (C=N–C) groups is 1. The van der Waals surface area contributed by atoms with Gasteiger partial charge in [-0.1, -0.05) is 36.2 Å². The van der Waals surface area contributed by atoms with E-state index in [2.05, 4.69) is 22.2 Å². The molecule has 0 saturated heterocycles. The lowest BCUT2D eigenvalue weighted by molar-refractivity contribution is 0.708. The summed E-state index contributed by atoms with van der Waals surface area (Å²) in [5, 5.41) is 5.30. The van der Waals surface area contributed by atoms with Gasteiger partial charge in [0, 0.05) is 21.1 Å². The molecule has 1 aromatic carbocycles. The zero-order valence-corrected chi connectivity index (χ0v) is 14.8. The number of nitrogens with one attached hydrogen (secondary N) is 1. The minimum absolute atomic E-state index is 0.0592. The number of aromatic nitrogens is 1. The third-order valence-electron chi connectivity index (χ3n) is 3.13. The first-order valence-electron chi connectivity index (χ1n) is 6.94. The number of guanidine groups is 1. The highest BCUT2D eigenvalue weighted by Gasteiger charge is 2.10. The van der Waals surface area contributed by atoms with Crippen molar-refractivity contribution in [3.05, 3.63) is 49.9 Å². The summed E-state index contributed by atoms with van der Waals surface area (Å²) in [4.78, 5) is 9.88. The fourth-order valence-corrected chi connectivity index (χ4v) is 3.29. The Labute approximate surface area is 144 Å². The first-order chi connectivity index (χ1) is 10.5. The van der Waals surface area contributed by atoms with Crippen LogP contribution in [0.15, 0.2) is 29.4 Å². The van der Waals surface area contributed by atoms with Gasteiger partial charge in [0.15, 0.2) is 5.96 Å². The van der Waals surface area contributed by atoms with Crippen LogP contribution in [0.5, 0.6) is 0 Å². The Hall–Kier alpha value is -1.30. The molecular weight excluding hydrogens is 339 g/mol. The van der Waals surface area contributed by atoms with Crippen LogP contribution in [0.2, 0.25) is 10.0 Å². The smallest absolute Gasteiger partial charge is 0.189 e. The Bertz CT molecular complexity index is 669. The van der Waals surface area contributed by atoms with Gasteiger partial charge < -0.3 is 11.1 Å². The summed E-state index contributed by atoms with van der Waals surface area (Å²) in [5.74, 6) is 0.367. The number of halogens is 2. The van der Waals surface area contributed by atoms with Gasteiger partial charge in [-0.2, -0.15) is 0 Å². The van der Waals surface area contributed by atoms with E-state index in [0.717, 1.165) is 17.0 Å². The molecule has 7 heteroatoms. The van der Waals surface area contributed by atoms with Crippen LogP contribution in [0.3, 0.4) is 0 Å². The molecule has 0 saturated carbocycles. The molecule has 1 atom stereocenters. The van der Waals surface area contributed by atoms with E-state index in [1.54, 1.807) is 23.5 Å². The van der Waals surface area contributed by atoms with Crippen LogP contribution in [0.1, 0.15) is 35.3 Å². The van der Waals surface area contributed by atoms with Gasteiger partial charge in [0.1, 0.15) is 5.01 Å². The first kappa shape index (κ1) is 17.1. The molecule has 0 bridgehead atoms. The molecule has 0 spiro atoms. The summed E-state index contributed by atoms with van der Waals surface area (Å²) in [6.07, 6.45) is 2.87. The highest BCUT2D eigenvalue weighted by molar-refractivity contribution is 7.11. The molecule has 0 amide bonds. The Morgan fingerprint density at radius 1 is 1.45 bits per heavy atom. The second kappa shape index (κ2) is 7.81. The quantitative estimate of drug-likeness (QED) is 0.623. The third kappa shape index (κ3) is 4.60. The van der Waals surface area contributed by atoms with Crippen molar-refractivity contribution in [2.75, 3.05) is 0 Å². The molecule has 1 heterocycles. The monoisotopic (exact) mass is 356 g/mol. The topological polar surface area (TPSA) is 63.3 Å². The number of nitrogens with two attached hydrogens (primary N) is 1. The first-order valence-corrected chi connectivity index (χ1v) is 8.51. The lowest BCUT2D eigenvalue weighted by atomic mass is 10.1. The number of rotatable bonds is 5. The van der Waals surface area contributed by atoms with Gasteiger partial charge in [-0.3, -0.25) is 0 Å². The molecule has 0 radical (unpaired) electrons. The van der Waals surface area contributed by atoms with E-state index in [1.807, 2.05) is 19.2 Å². The fourth-order valence-electron chi connectivity index (χ4n) is 1.94.